The summed E-state index contributed by atoms with van der Waals surface area (Å²) in [5, 5.41) is 18.1. The zero-order valence-corrected chi connectivity index (χ0v) is 7.57. The predicted octanol–water partition coefficient (Wildman–Crippen LogP) is 0.799. The standard InChI is InChI=1S/C10H12N2O/c1-12-4-2-3-9(12)10(7-11)5-8(10)6-13/h2-4,8,13H,5-6H2,1H3. The van der Waals surface area contributed by atoms with Crippen molar-refractivity contribution in [1.82, 2.24) is 4.57 Å². The monoisotopic (exact) mass is 176 g/mol. The van der Waals surface area contributed by atoms with Crippen LogP contribution >= 0.6 is 0 Å². The Bertz CT molecular complexity index is 363. The Morgan fingerprint density at radius 2 is 2.62 bits per heavy atom. The minimum atomic E-state index is -0.410. The van der Waals surface area contributed by atoms with Gasteiger partial charge in [-0.25, -0.2) is 0 Å². The molecule has 0 aliphatic heterocycles. The molecule has 1 saturated carbocycles. The lowest BCUT2D eigenvalue weighted by Gasteiger charge is -2.08. The normalized spacial score (nSPS) is 31.3. The third kappa shape index (κ3) is 0.991. The van der Waals surface area contributed by atoms with Crippen molar-refractivity contribution in [2.75, 3.05) is 6.61 Å². The van der Waals surface area contributed by atoms with Crippen molar-refractivity contribution in [3.63, 3.8) is 0 Å². The van der Waals surface area contributed by atoms with Crippen LogP contribution in [0.2, 0.25) is 0 Å². The lowest BCUT2D eigenvalue weighted by atomic mass is 10.0. The SMILES string of the molecule is Cn1cccc1C1(C#N)CC1CO. The van der Waals surface area contributed by atoms with Gasteiger partial charge in [0.2, 0.25) is 0 Å². The second kappa shape index (κ2) is 2.61. The Balaban J connectivity index is 2.37. The van der Waals surface area contributed by atoms with E-state index in [0.29, 0.717) is 0 Å². The second-order valence-electron chi connectivity index (χ2n) is 3.67. The zero-order chi connectivity index (χ0) is 9.47. The smallest absolute Gasteiger partial charge is 0.103 e. The molecule has 0 amide bonds. The average molecular weight is 176 g/mol. The lowest BCUT2D eigenvalue weighted by molar-refractivity contribution is 0.268. The minimum Gasteiger partial charge on any atom is -0.396 e. The fourth-order valence-electron chi connectivity index (χ4n) is 1.98. The molecule has 1 aromatic rings. The fraction of sp³-hybridized carbons (Fsp3) is 0.500. The quantitative estimate of drug-likeness (QED) is 0.724. The third-order valence-corrected chi connectivity index (χ3v) is 2.93. The van der Waals surface area contributed by atoms with Gasteiger partial charge in [0.25, 0.3) is 0 Å². The van der Waals surface area contributed by atoms with E-state index in [9.17, 15) is 0 Å². The van der Waals surface area contributed by atoms with E-state index in [0.717, 1.165) is 12.1 Å². The van der Waals surface area contributed by atoms with Crippen molar-refractivity contribution in [3.05, 3.63) is 24.0 Å². The van der Waals surface area contributed by atoms with Crippen LogP contribution in [0.25, 0.3) is 0 Å². The predicted molar refractivity (Wildman–Crippen MR) is 47.9 cm³/mol. The van der Waals surface area contributed by atoms with E-state index in [1.807, 2.05) is 29.9 Å². The molecule has 1 fully saturated rings. The maximum atomic E-state index is 9.08. The van der Waals surface area contributed by atoms with E-state index < -0.39 is 5.41 Å². The molecule has 0 saturated heterocycles. The summed E-state index contributed by atoms with van der Waals surface area (Å²) in [7, 11) is 1.93. The molecule has 1 aromatic heterocycles. The van der Waals surface area contributed by atoms with Crippen LogP contribution in [0.4, 0.5) is 0 Å². The molecule has 1 aliphatic carbocycles. The van der Waals surface area contributed by atoms with Crippen LogP contribution in [0, 0.1) is 17.2 Å². The largest absolute Gasteiger partial charge is 0.396 e. The molecule has 3 heteroatoms. The first-order valence-corrected chi connectivity index (χ1v) is 4.38. The van der Waals surface area contributed by atoms with E-state index in [2.05, 4.69) is 6.07 Å². The molecule has 2 rings (SSSR count). The van der Waals surface area contributed by atoms with Gasteiger partial charge in [0, 0.05) is 31.5 Å². The summed E-state index contributed by atoms with van der Waals surface area (Å²) >= 11 is 0. The first-order chi connectivity index (χ1) is 6.24. The van der Waals surface area contributed by atoms with Gasteiger partial charge in [0.1, 0.15) is 5.41 Å². The Hall–Kier alpha value is -1.27. The van der Waals surface area contributed by atoms with Crippen molar-refractivity contribution in [3.8, 4) is 6.07 Å². The highest BCUT2D eigenvalue weighted by atomic mass is 16.3. The summed E-state index contributed by atoms with van der Waals surface area (Å²) in [5.41, 5.74) is 0.613. The number of nitrogens with zero attached hydrogens (tertiary/aromatic N) is 2. The Kier molecular flexibility index (Phi) is 1.67. The first kappa shape index (κ1) is 8.33. The van der Waals surface area contributed by atoms with Crippen LogP contribution in [0.1, 0.15) is 12.1 Å². The van der Waals surface area contributed by atoms with Gasteiger partial charge in [-0.05, 0) is 18.6 Å². The highest BCUT2D eigenvalue weighted by Gasteiger charge is 2.57. The first-order valence-electron chi connectivity index (χ1n) is 4.38. The number of aryl methyl sites for hydroxylation is 1. The Labute approximate surface area is 77.2 Å². The number of hydrogen-bond donors (Lipinski definition) is 1. The average Bonchev–Trinajstić information content (AvgIpc) is 2.73. The number of rotatable bonds is 2. The zero-order valence-electron chi connectivity index (χ0n) is 7.57. The Morgan fingerprint density at radius 1 is 1.85 bits per heavy atom. The highest BCUT2D eigenvalue weighted by Crippen LogP contribution is 2.53. The highest BCUT2D eigenvalue weighted by molar-refractivity contribution is 5.38. The molecular formula is C10H12N2O. The molecule has 0 aromatic carbocycles. The van der Waals surface area contributed by atoms with Crippen molar-refractivity contribution >= 4 is 0 Å². The van der Waals surface area contributed by atoms with E-state index in [-0.39, 0.29) is 12.5 Å². The maximum Gasteiger partial charge on any atom is 0.103 e. The summed E-state index contributed by atoms with van der Waals surface area (Å²) in [5.74, 6) is 0.131. The fourth-order valence-corrected chi connectivity index (χ4v) is 1.98. The van der Waals surface area contributed by atoms with Crippen molar-refractivity contribution in [1.29, 1.82) is 5.26 Å². The summed E-state index contributed by atoms with van der Waals surface area (Å²) in [6, 6.07) is 6.20. The molecule has 3 nitrogen and oxygen atoms in total. The van der Waals surface area contributed by atoms with Gasteiger partial charge in [-0.3, -0.25) is 0 Å². The van der Waals surface area contributed by atoms with Gasteiger partial charge in [-0.1, -0.05) is 0 Å². The van der Waals surface area contributed by atoms with E-state index in [1.165, 1.54) is 0 Å². The van der Waals surface area contributed by atoms with Gasteiger partial charge in [0.15, 0.2) is 0 Å². The molecule has 1 N–H and O–H groups in total. The van der Waals surface area contributed by atoms with Crippen LogP contribution < -0.4 is 0 Å². The van der Waals surface area contributed by atoms with Crippen LogP contribution in [0.3, 0.4) is 0 Å². The molecule has 0 radical (unpaired) electrons. The molecular weight excluding hydrogens is 164 g/mol. The molecule has 1 heterocycles. The number of aromatic nitrogens is 1. The topological polar surface area (TPSA) is 49.0 Å². The molecule has 2 atom stereocenters. The summed E-state index contributed by atoms with van der Waals surface area (Å²) < 4.78 is 1.96. The second-order valence-corrected chi connectivity index (χ2v) is 3.67. The maximum absolute atomic E-state index is 9.08. The van der Waals surface area contributed by atoms with Crippen LogP contribution in [-0.2, 0) is 12.5 Å². The van der Waals surface area contributed by atoms with Crippen LogP contribution in [-0.4, -0.2) is 16.3 Å². The molecule has 13 heavy (non-hydrogen) atoms. The van der Waals surface area contributed by atoms with Crippen LogP contribution in [0.5, 0.6) is 0 Å². The molecule has 0 spiro atoms. The summed E-state index contributed by atoms with van der Waals surface area (Å²) in [4.78, 5) is 0. The molecule has 1 aliphatic rings. The number of aliphatic hydroxyl groups is 1. The number of nitriles is 1. The third-order valence-electron chi connectivity index (χ3n) is 2.93. The number of hydrogen-bond acceptors (Lipinski definition) is 2. The van der Waals surface area contributed by atoms with Gasteiger partial charge < -0.3 is 9.67 Å². The van der Waals surface area contributed by atoms with Crippen molar-refractivity contribution in [2.45, 2.75) is 11.8 Å². The minimum absolute atomic E-state index is 0.110. The van der Waals surface area contributed by atoms with Gasteiger partial charge in [-0.2, -0.15) is 5.26 Å². The van der Waals surface area contributed by atoms with E-state index >= 15 is 0 Å². The Morgan fingerprint density at radius 3 is 3.00 bits per heavy atom. The summed E-state index contributed by atoms with van der Waals surface area (Å²) in [6.45, 7) is 0.110. The van der Waals surface area contributed by atoms with E-state index in [4.69, 9.17) is 10.4 Å². The molecule has 2 unspecified atom stereocenters. The lowest BCUT2D eigenvalue weighted by Crippen LogP contribution is -2.13. The van der Waals surface area contributed by atoms with Crippen molar-refractivity contribution < 1.29 is 5.11 Å². The van der Waals surface area contributed by atoms with Gasteiger partial charge in [-0.15, -0.1) is 0 Å². The van der Waals surface area contributed by atoms with Crippen LogP contribution in [0.15, 0.2) is 18.3 Å². The van der Waals surface area contributed by atoms with Gasteiger partial charge in [0.05, 0.1) is 6.07 Å². The van der Waals surface area contributed by atoms with Gasteiger partial charge >= 0.3 is 0 Å². The molecule has 68 valence electrons. The molecule has 0 bridgehead atoms. The van der Waals surface area contributed by atoms with Crippen molar-refractivity contribution in [2.24, 2.45) is 13.0 Å². The summed E-state index contributed by atoms with van der Waals surface area (Å²) in [6.07, 6.45) is 2.72. The number of aliphatic hydroxyl groups excluding tert-OH is 1. The van der Waals surface area contributed by atoms with E-state index in [1.54, 1.807) is 0 Å².